The molecule has 0 nitrogen and oxygen atoms in total. The molecule has 0 N–H and O–H groups in total. The van der Waals surface area contributed by atoms with Gasteiger partial charge in [0, 0.05) is 0 Å². The zero-order valence-corrected chi connectivity index (χ0v) is 40.8. The number of aryl methyl sites for hydroxylation is 1. The molecule has 72 heavy (non-hydrogen) atoms. The number of hydrogen-bond donors (Lipinski definition) is 0. The summed E-state index contributed by atoms with van der Waals surface area (Å²) in [6, 6.07) is 96.2. The molecule has 0 heterocycles. The van der Waals surface area contributed by atoms with E-state index in [0.717, 1.165) is 29.5 Å². The molecule has 0 radical (unpaired) electrons. The second-order valence-corrected chi connectivity index (χ2v) is 19.6. The SMILES string of the molecule is C=C(c1ccc(-c2ccccc2)cc1)c1cc(-c2cccc(-c3cccc(CC(c4ccccc4)C4C=CC5=C(C4)C(c4ccccc4)(c4ccccc4)c4ccccc45)c3)c2)ccc1-c1ccccc1C. The zero-order valence-electron chi connectivity index (χ0n) is 40.8. The van der Waals surface area contributed by atoms with Crippen molar-refractivity contribution in [1.29, 1.82) is 0 Å². The minimum atomic E-state index is -0.382. The largest absolute Gasteiger partial charge is 0.0905 e. The molecule has 0 aromatic heterocycles. The van der Waals surface area contributed by atoms with Crippen molar-refractivity contribution in [3.05, 3.63) is 335 Å². The molecular formula is C72H56. The van der Waals surface area contributed by atoms with Crippen LogP contribution in [0.3, 0.4) is 0 Å². The van der Waals surface area contributed by atoms with Gasteiger partial charge in [0.1, 0.15) is 0 Å². The van der Waals surface area contributed by atoms with Gasteiger partial charge in [-0.1, -0.05) is 267 Å². The van der Waals surface area contributed by atoms with Gasteiger partial charge >= 0.3 is 0 Å². The minimum absolute atomic E-state index is 0.263. The predicted molar refractivity (Wildman–Crippen MR) is 304 cm³/mol. The minimum Gasteiger partial charge on any atom is -0.0905 e. The maximum Gasteiger partial charge on any atom is 0.0676 e. The molecule has 344 valence electrons. The molecule has 0 saturated carbocycles. The highest BCUT2D eigenvalue weighted by Gasteiger charge is 2.48. The van der Waals surface area contributed by atoms with E-state index < -0.39 is 0 Å². The first kappa shape index (κ1) is 44.6. The Balaban J connectivity index is 0.877. The lowest BCUT2D eigenvalue weighted by molar-refractivity contribution is 0.478. The lowest BCUT2D eigenvalue weighted by Crippen LogP contribution is -2.32. The molecule has 0 heteroatoms. The molecule has 0 saturated heterocycles. The Morgan fingerprint density at radius 1 is 0.472 bits per heavy atom. The molecule has 10 aromatic rings. The van der Waals surface area contributed by atoms with Crippen molar-refractivity contribution in [2.75, 3.05) is 0 Å². The van der Waals surface area contributed by atoms with Crippen LogP contribution >= 0.6 is 0 Å². The average Bonchev–Trinajstić information content (AvgIpc) is 3.76. The number of benzene rings is 10. The van der Waals surface area contributed by atoms with E-state index in [1.54, 1.807) is 0 Å². The topological polar surface area (TPSA) is 0 Å². The quantitative estimate of drug-likeness (QED) is 0.115. The van der Waals surface area contributed by atoms with E-state index in [-0.39, 0.29) is 17.3 Å². The van der Waals surface area contributed by atoms with Gasteiger partial charge in [0.2, 0.25) is 0 Å². The summed E-state index contributed by atoms with van der Waals surface area (Å²) in [7, 11) is 0. The summed E-state index contributed by atoms with van der Waals surface area (Å²) < 4.78 is 0. The van der Waals surface area contributed by atoms with Crippen LogP contribution < -0.4 is 0 Å². The number of rotatable bonds is 12. The molecular weight excluding hydrogens is 865 g/mol. The Labute approximate surface area is 425 Å². The van der Waals surface area contributed by atoms with Crippen LogP contribution in [-0.4, -0.2) is 0 Å². The Kier molecular flexibility index (Phi) is 12.0. The van der Waals surface area contributed by atoms with E-state index in [9.17, 15) is 0 Å². The van der Waals surface area contributed by atoms with Gasteiger partial charge in [0.05, 0.1) is 5.41 Å². The highest BCUT2D eigenvalue weighted by atomic mass is 14.5. The zero-order chi connectivity index (χ0) is 48.4. The van der Waals surface area contributed by atoms with Crippen molar-refractivity contribution in [2.45, 2.75) is 31.1 Å². The molecule has 2 unspecified atom stereocenters. The third-order valence-corrected chi connectivity index (χ3v) is 15.5. The first-order valence-corrected chi connectivity index (χ1v) is 25.5. The summed E-state index contributed by atoms with van der Waals surface area (Å²) in [5.41, 5.74) is 24.7. The summed E-state index contributed by atoms with van der Waals surface area (Å²) in [5.74, 6) is 0.548. The molecule has 10 aromatic carbocycles. The molecule has 2 aliphatic rings. The summed E-state index contributed by atoms with van der Waals surface area (Å²) in [5, 5.41) is 0. The van der Waals surface area contributed by atoms with Crippen LogP contribution in [0.1, 0.15) is 62.4 Å². The molecule has 0 amide bonds. The standard InChI is InChI=1S/C72H56/c1-50-21-15-16-34-64(50)65-43-41-60(48-68(65)51(2)53-37-39-55(40-38-53)54-23-7-3-8-24-54)59-29-20-28-58(47-59)57-27-19-22-52(45-57)46-69(56-25-9-4-10-26-56)61-42-44-67-66-35-17-18-36-70(66)72(71(67)49-61,62-30-11-5-12-31-62)63-32-13-6-14-33-63/h3-45,47-48,61,69H,2,46,49H2,1H3. The first-order valence-electron chi connectivity index (χ1n) is 25.5. The third kappa shape index (κ3) is 8.19. The van der Waals surface area contributed by atoms with Crippen LogP contribution in [0.15, 0.2) is 285 Å². The van der Waals surface area contributed by atoms with Crippen molar-refractivity contribution in [3.8, 4) is 44.5 Å². The fourth-order valence-corrected chi connectivity index (χ4v) is 12.0. The van der Waals surface area contributed by atoms with E-state index >= 15 is 0 Å². The highest BCUT2D eigenvalue weighted by molar-refractivity contribution is 5.92. The predicted octanol–water partition coefficient (Wildman–Crippen LogP) is 18.4. The average molecular weight is 921 g/mol. The second-order valence-electron chi connectivity index (χ2n) is 19.6. The van der Waals surface area contributed by atoms with Crippen molar-refractivity contribution in [1.82, 2.24) is 0 Å². The smallest absolute Gasteiger partial charge is 0.0676 e. The van der Waals surface area contributed by atoms with Gasteiger partial charge in [-0.15, -0.1) is 0 Å². The van der Waals surface area contributed by atoms with Gasteiger partial charge < -0.3 is 0 Å². The van der Waals surface area contributed by atoms with E-state index in [1.165, 1.54) is 94.6 Å². The van der Waals surface area contributed by atoms with E-state index in [1.807, 2.05) is 0 Å². The maximum absolute atomic E-state index is 4.76. The number of hydrogen-bond acceptors (Lipinski definition) is 0. The van der Waals surface area contributed by atoms with Crippen molar-refractivity contribution in [3.63, 3.8) is 0 Å². The monoisotopic (exact) mass is 920 g/mol. The van der Waals surface area contributed by atoms with Crippen LogP contribution in [0.25, 0.3) is 55.7 Å². The van der Waals surface area contributed by atoms with E-state index in [4.69, 9.17) is 6.58 Å². The maximum atomic E-state index is 4.76. The van der Waals surface area contributed by atoms with Crippen molar-refractivity contribution >= 4 is 11.1 Å². The number of allylic oxidation sites excluding steroid dienone is 4. The molecule has 0 bridgehead atoms. The van der Waals surface area contributed by atoms with Crippen molar-refractivity contribution < 1.29 is 0 Å². The Hall–Kier alpha value is -8.58. The van der Waals surface area contributed by atoms with Crippen LogP contribution in [0.2, 0.25) is 0 Å². The van der Waals surface area contributed by atoms with Gasteiger partial charge in [0.25, 0.3) is 0 Å². The fourth-order valence-electron chi connectivity index (χ4n) is 12.0. The van der Waals surface area contributed by atoms with Gasteiger partial charge in [-0.05, 0) is 155 Å². The Morgan fingerprint density at radius 2 is 1.00 bits per heavy atom. The van der Waals surface area contributed by atoms with Gasteiger partial charge in [0.15, 0.2) is 0 Å². The van der Waals surface area contributed by atoms with Crippen molar-refractivity contribution in [2.24, 2.45) is 5.92 Å². The molecule has 2 aliphatic carbocycles. The molecule has 0 fully saturated rings. The molecule has 2 atom stereocenters. The second kappa shape index (κ2) is 19.3. The molecule has 0 aliphatic heterocycles. The Bertz CT molecular complexity index is 3590. The summed E-state index contributed by atoms with van der Waals surface area (Å²) in [6.07, 6.45) is 6.87. The lowest BCUT2D eigenvalue weighted by atomic mass is 9.63. The summed E-state index contributed by atoms with van der Waals surface area (Å²) in [4.78, 5) is 0. The van der Waals surface area contributed by atoms with E-state index in [2.05, 4.69) is 280 Å². The van der Waals surface area contributed by atoms with Gasteiger partial charge in [-0.3, -0.25) is 0 Å². The molecule has 0 spiro atoms. The molecule has 12 rings (SSSR count). The third-order valence-electron chi connectivity index (χ3n) is 15.5. The van der Waals surface area contributed by atoms with Crippen LogP contribution in [0.4, 0.5) is 0 Å². The first-order chi connectivity index (χ1) is 35.5. The van der Waals surface area contributed by atoms with Crippen LogP contribution in [0.5, 0.6) is 0 Å². The van der Waals surface area contributed by atoms with E-state index in [0.29, 0.717) is 0 Å². The highest BCUT2D eigenvalue weighted by Crippen LogP contribution is 2.59. The van der Waals surface area contributed by atoms with Gasteiger partial charge in [-0.2, -0.15) is 0 Å². The summed E-state index contributed by atoms with van der Waals surface area (Å²) in [6.45, 7) is 6.95. The van der Waals surface area contributed by atoms with Crippen LogP contribution in [-0.2, 0) is 11.8 Å². The Morgan fingerprint density at radius 3 is 1.68 bits per heavy atom. The normalized spacial score (nSPS) is 14.9. The van der Waals surface area contributed by atoms with Gasteiger partial charge in [-0.25, -0.2) is 0 Å². The van der Waals surface area contributed by atoms with Crippen LogP contribution in [0, 0.1) is 12.8 Å². The summed E-state index contributed by atoms with van der Waals surface area (Å²) >= 11 is 0. The fraction of sp³-hybridized carbons (Fsp3) is 0.0833. The lowest BCUT2D eigenvalue weighted by Gasteiger charge is -2.39. The number of fused-ring (bicyclic) bond motifs is 2.